The number of amidine groups is 1. The number of sulfonamides is 1. The van der Waals surface area contributed by atoms with Crippen molar-refractivity contribution in [2.45, 2.75) is 44.2 Å². The summed E-state index contributed by atoms with van der Waals surface area (Å²) in [6.45, 7) is 6.03. The van der Waals surface area contributed by atoms with Crippen molar-refractivity contribution in [1.82, 2.24) is 10.0 Å². The Balaban J connectivity index is 1.55. The van der Waals surface area contributed by atoms with E-state index < -0.39 is 10.0 Å². The summed E-state index contributed by atoms with van der Waals surface area (Å²) in [5.74, 6) is 0.915. The third-order valence-corrected chi connectivity index (χ3v) is 5.80. The molecule has 0 radical (unpaired) electrons. The van der Waals surface area contributed by atoms with E-state index >= 15 is 0 Å². The lowest BCUT2D eigenvalue weighted by Gasteiger charge is -2.15. The normalized spacial score (nSPS) is 16.9. The maximum atomic E-state index is 12.2. The van der Waals surface area contributed by atoms with E-state index in [0.29, 0.717) is 5.56 Å². The predicted molar refractivity (Wildman–Crippen MR) is 112 cm³/mol. The topological polar surface area (TPSA) is 96.9 Å². The first-order chi connectivity index (χ1) is 13.8. The van der Waals surface area contributed by atoms with Crippen molar-refractivity contribution in [2.75, 3.05) is 6.54 Å². The number of hydrogen-bond acceptors (Lipinski definition) is 5. The lowest BCUT2D eigenvalue weighted by atomic mass is 10.1. The van der Waals surface area contributed by atoms with E-state index in [1.54, 1.807) is 18.2 Å². The van der Waals surface area contributed by atoms with Gasteiger partial charge >= 0.3 is 0 Å². The van der Waals surface area contributed by atoms with Crippen LogP contribution < -0.4 is 14.8 Å². The number of hydrogen-bond donors (Lipinski definition) is 2. The molecule has 0 bridgehead atoms. The number of fused-ring (bicyclic) bond motifs is 1. The van der Waals surface area contributed by atoms with Crippen LogP contribution in [0.15, 0.2) is 58.4 Å². The van der Waals surface area contributed by atoms with Gasteiger partial charge in [-0.15, -0.1) is 0 Å². The monoisotopic (exact) mass is 415 g/mol. The number of aliphatic imine (C=N–C) groups is 1. The Kier molecular flexibility index (Phi) is 6.22. The van der Waals surface area contributed by atoms with Crippen molar-refractivity contribution in [3.8, 4) is 5.75 Å². The van der Waals surface area contributed by atoms with Crippen LogP contribution in [0.2, 0.25) is 0 Å². The SMILES string of the molecule is CC(C)Oc1ccc(C(C)NC(=O)CCN=C2NS(=O)(=O)c3ccccc32)cc1. The molecule has 0 saturated carbocycles. The minimum absolute atomic E-state index is 0.107. The largest absolute Gasteiger partial charge is 0.491 e. The van der Waals surface area contributed by atoms with Gasteiger partial charge in [0.2, 0.25) is 5.91 Å². The average Bonchev–Trinajstić information content (AvgIpc) is 2.92. The fraction of sp³-hybridized carbons (Fsp3) is 0.333. The Hall–Kier alpha value is -2.87. The van der Waals surface area contributed by atoms with E-state index in [1.807, 2.05) is 45.0 Å². The highest BCUT2D eigenvalue weighted by Crippen LogP contribution is 2.22. The second kappa shape index (κ2) is 8.65. The fourth-order valence-corrected chi connectivity index (χ4v) is 4.28. The summed E-state index contributed by atoms with van der Waals surface area (Å²) in [7, 11) is -3.56. The highest BCUT2D eigenvalue weighted by atomic mass is 32.2. The van der Waals surface area contributed by atoms with Crippen LogP contribution in [0, 0.1) is 0 Å². The van der Waals surface area contributed by atoms with E-state index in [4.69, 9.17) is 4.74 Å². The van der Waals surface area contributed by atoms with Crippen LogP contribution in [0.1, 0.15) is 44.4 Å². The third kappa shape index (κ3) is 5.14. The lowest BCUT2D eigenvalue weighted by Crippen LogP contribution is -2.27. The molecule has 0 aromatic heterocycles. The molecule has 1 aliphatic rings. The summed E-state index contributed by atoms with van der Waals surface area (Å²) in [4.78, 5) is 16.7. The van der Waals surface area contributed by atoms with E-state index in [9.17, 15) is 13.2 Å². The van der Waals surface area contributed by atoms with Crippen LogP contribution in [-0.4, -0.2) is 32.8 Å². The van der Waals surface area contributed by atoms with E-state index in [2.05, 4.69) is 15.0 Å². The van der Waals surface area contributed by atoms with Crippen LogP contribution in [0.5, 0.6) is 5.75 Å². The molecule has 7 nitrogen and oxygen atoms in total. The number of nitrogens with one attached hydrogen (secondary N) is 2. The fourth-order valence-electron chi connectivity index (χ4n) is 3.02. The van der Waals surface area contributed by atoms with Gasteiger partial charge in [0.15, 0.2) is 0 Å². The van der Waals surface area contributed by atoms with Gasteiger partial charge in [0.05, 0.1) is 23.6 Å². The minimum Gasteiger partial charge on any atom is -0.491 e. The summed E-state index contributed by atoms with van der Waals surface area (Å²) in [5, 5.41) is 2.93. The molecule has 1 aliphatic heterocycles. The van der Waals surface area contributed by atoms with Gasteiger partial charge < -0.3 is 10.1 Å². The summed E-state index contributed by atoms with van der Waals surface area (Å²) in [6.07, 6.45) is 0.266. The Morgan fingerprint density at radius 2 is 1.79 bits per heavy atom. The summed E-state index contributed by atoms with van der Waals surface area (Å²) in [5.41, 5.74) is 1.50. The quantitative estimate of drug-likeness (QED) is 0.727. The molecule has 29 heavy (non-hydrogen) atoms. The van der Waals surface area contributed by atoms with Crippen molar-refractivity contribution in [3.05, 3.63) is 59.7 Å². The van der Waals surface area contributed by atoms with Crippen molar-refractivity contribution in [3.63, 3.8) is 0 Å². The zero-order valence-electron chi connectivity index (χ0n) is 16.7. The maximum absolute atomic E-state index is 12.2. The first-order valence-electron chi connectivity index (χ1n) is 9.49. The van der Waals surface area contributed by atoms with Gasteiger partial charge in [-0.2, -0.15) is 0 Å². The first kappa shape index (κ1) is 20.9. The van der Waals surface area contributed by atoms with Crippen LogP contribution in [0.25, 0.3) is 0 Å². The molecular formula is C21H25N3O4S. The van der Waals surface area contributed by atoms with Crippen molar-refractivity contribution >= 4 is 21.8 Å². The molecule has 0 aliphatic carbocycles. The minimum atomic E-state index is -3.56. The zero-order chi connectivity index (χ0) is 21.0. The molecule has 1 atom stereocenters. The molecule has 0 saturated heterocycles. The van der Waals surface area contributed by atoms with Crippen molar-refractivity contribution < 1.29 is 17.9 Å². The summed E-state index contributed by atoms with van der Waals surface area (Å²) >= 11 is 0. The number of rotatable bonds is 7. The van der Waals surface area contributed by atoms with Gasteiger partial charge in [-0.1, -0.05) is 24.3 Å². The number of amides is 1. The van der Waals surface area contributed by atoms with Crippen molar-refractivity contribution in [2.24, 2.45) is 4.99 Å². The molecule has 1 unspecified atom stereocenters. The lowest BCUT2D eigenvalue weighted by molar-refractivity contribution is -0.121. The molecule has 2 aromatic carbocycles. The number of benzene rings is 2. The van der Waals surface area contributed by atoms with Gasteiger partial charge in [-0.05, 0) is 50.6 Å². The number of ether oxygens (including phenoxy) is 1. The molecular weight excluding hydrogens is 390 g/mol. The van der Waals surface area contributed by atoms with E-state index in [-0.39, 0.29) is 41.7 Å². The Morgan fingerprint density at radius 1 is 1.10 bits per heavy atom. The van der Waals surface area contributed by atoms with Gasteiger partial charge in [0, 0.05) is 12.0 Å². The third-order valence-electron chi connectivity index (χ3n) is 4.40. The number of carbonyl (C=O) groups excluding carboxylic acids is 1. The molecule has 3 rings (SSSR count). The van der Waals surface area contributed by atoms with Crippen LogP contribution in [-0.2, 0) is 14.8 Å². The second-order valence-corrected chi connectivity index (χ2v) is 8.76. The Labute approximate surface area is 171 Å². The van der Waals surface area contributed by atoms with E-state index in [0.717, 1.165) is 11.3 Å². The van der Waals surface area contributed by atoms with Crippen LogP contribution in [0.4, 0.5) is 0 Å². The molecule has 1 amide bonds. The molecule has 0 spiro atoms. The maximum Gasteiger partial charge on any atom is 0.263 e. The predicted octanol–water partition coefficient (Wildman–Crippen LogP) is 2.78. The van der Waals surface area contributed by atoms with Crippen molar-refractivity contribution in [1.29, 1.82) is 0 Å². The Bertz CT molecular complexity index is 1010. The average molecular weight is 416 g/mol. The van der Waals surface area contributed by atoms with E-state index in [1.165, 1.54) is 6.07 Å². The molecule has 8 heteroatoms. The van der Waals surface area contributed by atoms with Gasteiger partial charge in [0.1, 0.15) is 11.6 Å². The zero-order valence-corrected chi connectivity index (χ0v) is 17.5. The molecule has 2 aromatic rings. The standard InChI is InChI=1S/C21H25N3O4S/c1-14(2)28-17-10-8-16(9-11-17)15(3)23-20(25)12-13-22-21-18-6-4-5-7-19(18)29(26,27)24-21/h4-11,14-15H,12-13H2,1-3H3,(H,22,24)(H,23,25). The smallest absolute Gasteiger partial charge is 0.263 e. The van der Waals surface area contributed by atoms with Crippen LogP contribution in [0.3, 0.4) is 0 Å². The highest BCUT2D eigenvalue weighted by molar-refractivity contribution is 7.90. The number of carbonyl (C=O) groups is 1. The highest BCUT2D eigenvalue weighted by Gasteiger charge is 2.29. The summed E-state index contributed by atoms with van der Waals surface area (Å²) in [6, 6.07) is 14.1. The van der Waals surface area contributed by atoms with Gasteiger partial charge in [-0.3, -0.25) is 14.5 Å². The molecule has 1 heterocycles. The summed E-state index contributed by atoms with van der Waals surface area (Å²) < 4.78 is 32.2. The Morgan fingerprint density at radius 3 is 2.48 bits per heavy atom. The van der Waals surface area contributed by atoms with Crippen LogP contribution >= 0.6 is 0 Å². The first-order valence-corrected chi connectivity index (χ1v) is 11.0. The second-order valence-electron chi connectivity index (χ2n) is 7.11. The molecule has 2 N–H and O–H groups in total. The number of nitrogens with zero attached hydrogens (tertiary/aromatic N) is 1. The van der Waals surface area contributed by atoms with Gasteiger partial charge in [0.25, 0.3) is 10.0 Å². The molecule has 154 valence electrons. The molecule has 0 fully saturated rings. The van der Waals surface area contributed by atoms with Gasteiger partial charge in [-0.25, -0.2) is 8.42 Å².